The van der Waals surface area contributed by atoms with Crippen LogP contribution < -0.4 is 9.64 Å². The van der Waals surface area contributed by atoms with Crippen LogP contribution in [0, 0.1) is 12.8 Å². The molecule has 2 saturated heterocycles. The zero-order valence-electron chi connectivity index (χ0n) is 23.9. The van der Waals surface area contributed by atoms with Crippen molar-refractivity contribution < 1.29 is 14.3 Å². The van der Waals surface area contributed by atoms with Crippen LogP contribution in [0.25, 0.3) is 11.3 Å². The molecule has 0 amide bonds. The van der Waals surface area contributed by atoms with Gasteiger partial charge in [0.05, 0.1) is 19.0 Å². The fourth-order valence-electron chi connectivity index (χ4n) is 5.43. The molecule has 2 aromatic heterocycles. The highest BCUT2D eigenvalue weighted by Gasteiger charge is 2.24. The van der Waals surface area contributed by atoms with Gasteiger partial charge in [0.2, 0.25) is 5.88 Å². The predicted octanol–water partition coefficient (Wildman–Crippen LogP) is 6.08. The first kappa shape index (κ1) is 29.6. The van der Waals surface area contributed by atoms with Gasteiger partial charge in [0, 0.05) is 60.3 Å². The topological polar surface area (TPSA) is 71.0 Å². The van der Waals surface area contributed by atoms with Crippen molar-refractivity contribution in [1.82, 2.24) is 19.8 Å². The van der Waals surface area contributed by atoms with Crippen LogP contribution in [-0.2, 0) is 16.1 Å². The Hall–Kier alpha value is -2.91. The molecule has 1 aromatic carbocycles. The molecule has 8 nitrogen and oxygen atoms in total. The lowest BCUT2D eigenvalue weighted by Gasteiger charge is -2.33. The second-order valence-electron chi connectivity index (χ2n) is 11.0. The number of aromatic nitrogens is 2. The quantitative estimate of drug-likeness (QED) is 0.289. The molecule has 0 N–H and O–H groups in total. The molecule has 0 bridgehead atoms. The van der Waals surface area contributed by atoms with Crippen LogP contribution in [0.15, 0.2) is 42.6 Å². The number of likely N-dealkylation sites (tertiary alicyclic amines) is 1. The standard InChI is InChI=1S/C31H37Cl2N5O3/c1-21-24(20-37-8-6-22(7-9-37)14-30(39)40-3)17-28(23-15-25(32)18-26(33)16-23)35-31(21)41-27-4-5-29(34-19-27)38-12-10-36(2)11-13-38/h4-5,15-19,22H,6-14,20H2,1-3H3. The summed E-state index contributed by atoms with van der Waals surface area (Å²) in [5.74, 6) is 2.35. The highest BCUT2D eigenvalue weighted by molar-refractivity contribution is 6.35. The molecule has 0 atom stereocenters. The number of carbonyl (C=O) groups is 1. The van der Waals surface area contributed by atoms with Crippen LogP contribution in [0.4, 0.5) is 5.82 Å². The van der Waals surface area contributed by atoms with E-state index in [-0.39, 0.29) is 5.97 Å². The minimum absolute atomic E-state index is 0.133. The molecule has 0 saturated carbocycles. The number of ether oxygens (including phenoxy) is 2. The van der Waals surface area contributed by atoms with E-state index in [1.807, 2.05) is 31.2 Å². The summed E-state index contributed by atoms with van der Waals surface area (Å²) < 4.78 is 11.2. The van der Waals surface area contributed by atoms with Crippen LogP contribution in [-0.4, -0.2) is 79.2 Å². The Labute approximate surface area is 252 Å². The summed E-state index contributed by atoms with van der Waals surface area (Å²) in [6, 6.07) is 11.5. The molecule has 4 heterocycles. The SMILES string of the molecule is COC(=O)CC1CCN(Cc2cc(-c3cc(Cl)cc(Cl)c3)nc(Oc3ccc(N4CCN(C)CC4)nc3)c2C)CC1. The molecule has 2 fully saturated rings. The van der Waals surface area contributed by atoms with Crippen molar-refractivity contribution in [3.05, 3.63) is 63.8 Å². The largest absolute Gasteiger partial charge is 0.469 e. The Morgan fingerprint density at radius 1 is 1.00 bits per heavy atom. The lowest BCUT2D eigenvalue weighted by molar-refractivity contribution is -0.142. The van der Waals surface area contributed by atoms with E-state index in [0.717, 1.165) is 86.9 Å². The fraction of sp³-hybridized carbons (Fsp3) is 0.452. The number of anilines is 1. The first-order valence-electron chi connectivity index (χ1n) is 14.1. The monoisotopic (exact) mass is 597 g/mol. The van der Waals surface area contributed by atoms with Crippen LogP contribution in [0.3, 0.4) is 0 Å². The van der Waals surface area contributed by atoms with E-state index in [0.29, 0.717) is 34.0 Å². The van der Waals surface area contributed by atoms with E-state index in [2.05, 4.69) is 32.8 Å². The number of hydrogen-bond donors (Lipinski definition) is 0. The zero-order valence-corrected chi connectivity index (χ0v) is 25.4. The van der Waals surface area contributed by atoms with Crippen molar-refractivity contribution >= 4 is 35.0 Å². The van der Waals surface area contributed by atoms with Gasteiger partial charge in [-0.3, -0.25) is 9.69 Å². The maximum absolute atomic E-state index is 11.7. The summed E-state index contributed by atoms with van der Waals surface area (Å²) in [5, 5.41) is 1.10. The Kier molecular flexibility index (Phi) is 9.65. The van der Waals surface area contributed by atoms with E-state index in [4.69, 9.17) is 37.7 Å². The summed E-state index contributed by atoms with van der Waals surface area (Å²) in [4.78, 5) is 28.3. The molecule has 3 aromatic rings. The summed E-state index contributed by atoms with van der Waals surface area (Å²) >= 11 is 12.7. The van der Waals surface area contributed by atoms with Crippen LogP contribution >= 0.6 is 23.2 Å². The second-order valence-corrected chi connectivity index (χ2v) is 11.9. The average molecular weight is 599 g/mol. The van der Waals surface area contributed by atoms with Gasteiger partial charge < -0.3 is 19.3 Å². The number of benzene rings is 1. The lowest BCUT2D eigenvalue weighted by Crippen LogP contribution is -2.44. The third kappa shape index (κ3) is 7.68. The van der Waals surface area contributed by atoms with E-state index in [9.17, 15) is 4.79 Å². The Balaban J connectivity index is 1.37. The fourth-order valence-corrected chi connectivity index (χ4v) is 5.95. The van der Waals surface area contributed by atoms with Crippen LogP contribution in [0.5, 0.6) is 11.6 Å². The van der Waals surface area contributed by atoms with Crippen molar-refractivity contribution in [2.75, 3.05) is 58.3 Å². The molecular formula is C31H37Cl2N5O3. The van der Waals surface area contributed by atoms with Crippen molar-refractivity contribution in [3.63, 3.8) is 0 Å². The lowest BCUT2D eigenvalue weighted by atomic mass is 9.93. The number of piperidine rings is 1. The summed E-state index contributed by atoms with van der Waals surface area (Å²) in [7, 11) is 3.59. The molecule has 0 spiro atoms. The van der Waals surface area contributed by atoms with Crippen LogP contribution in [0.2, 0.25) is 10.0 Å². The molecule has 0 radical (unpaired) electrons. The minimum atomic E-state index is -0.133. The van der Waals surface area contributed by atoms with Gasteiger partial charge in [-0.25, -0.2) is 9.97 Å². The number of pyridine rings is 2. The van der Waals surface area contributed by atoms with Crippen molar-refractivity contribution in [1.29, 1.82) is 0 Å². The molecule has 218 valence electrons. The normalized spacial score (nSPS) is 17.0. The van der Waals surface area contributed by atoms with E-state index < -0.39 is 0 Å². The average Bonchev–Trinajstić information content (AvgIpc) is 2.96. The van der Waals surface area contributed by atoms with Crippen molar-refractivity contribution in [3.8, 4) is 22.9 Å². The molecule has 5 rings (SSSR count). The molecule has 0 aliphatic carbocycles. The Morgan fingerprint density at radius 2 is 1.71 bits per heavy atom. The number of piperazine rings is 1. The zero-order chi connectivity index (χ0) is 28.9. The minimum Gasteiger partial charge on any atom is -0.469 e. The number of methoxy groups -OCH3 is 1. The maximum Gasteiger partial charge on any atom is 0.305 e. The molecule has 0 unspecified atom stereocenters. The Bertz CT molecular complexity index is 1330. The van der Waals surface area contributed by atoms with E-state index in [1.54, 1.807) is 12.3 Å². The third-order valence-electron chi connectivity index (χ3n) is 8.04. The third-order valence-corrected chi connectivity index (χ3v) is 8.48. The molecular weight excluding hydrogens is 561 g/mol. The number of likely N-dealkylation sites (N-methyl/N-ethyl adjacent to an activating group) is 1. The van der Waals surface area contributed by atoms with Crippen LogP contribution in [0.1, 0.15) is 30.4 Å². The van der Waals surface area contributed by atoms with Gasteiger partial charge in [-0.15, -0.1) is 0 Å². The Morgan fingerprint density at radius 3 is 2.34 bits per heavy atom. The van der Waals surface area contributed by atoms with Gasteiger partial charge >= 0.3 is 5.97 Å². The number of esters is 1. The van der Waals surface area contributed by atoms with Gasteiger partial charge in [-0.1, -0.05) is 23.2 Å². The molecule has 10 heteroatoms. The van der Waals surface area contributed by atoms with E-state index >= 15 is 0 Å². The second kappa shape index (κ2) is 13.4. The number of carbonyl (C=O) groups excluding carboxylic acids is 1. The number of halogens is 2. The van der Waals surface area contributed by atoms with Gasteiger partial charge in [0.1, 0.15) is 11.6 Å². The van der Waals surface area contributed by atoms with Crippen molar-refractivity contribution in [2.45, 2.75) is 32.7 Å². The first-order valence-corrected chi connectivity index (χ1v) is 14.9. The predicted molar refractivity (Wildman–Crippen MR) is 163 cm³/mol. The van der Waals surface area contributed by atoms with Gasteiger partial charge in [-0.05, 0) is 87.8 Å². The van der Waals surface area contributed by atoms with Gasteiger partial charge in [0.15, 0.2) is 0 Å². The first-order chi connectivity index (χ1) is 19.8. The number of rotatable bonds is 8. The smallest absolute Gasteiger partial charge is 0.305 e. The van der Waals surface area contributed by atoms with E-state index in [1.165, 1.54) is 7.11 Å². The maximum atomic E-state index is 11.7. The van der Waals surface area contributed by atoms with Gasteiger partial charge in [-0.2, -0.15) is 0 Å². The highest BCUT2D eigenvalue weighted by Crippen LogP contribution is 2.34. The van der Waals surface area contributed by atoms with Crippen molar-refractivity contribution in [2.24, 2.45) is 5.92 Å². The molecule has 2 aliphatic rings. The summed E-state index contributed by atoms with van der Waals surface area (Å²) in [5.41, 5.74) is 3.66. The highest BCUT2D eigenvalue weighted by atomic mass is 35.5. The summed E-state index contributed by atoms with van der Waals surface area (Å²) in [6.07, 6.45) is 4.18. The molecule has 2 aliphatic heterocycles. The molecule has 41 heavy (non-hydrogen) atoms. The number of hydrogen-bond acceptors (Lipinski definition) is 8. The number of nitrogens with zero attached hydrogens (tertiary/aromatic N) is 5. The van der Waals surface area contributed by atoms with Gasteiger partial charge in [0.25, 0.3) is 0 Å². The summed E-state index contributed by atoms with van der Waals surface area (Å²) in [6.45, 7) is 8.57.